The first-order chi connectivity index (χ1) is 9.46. The Morgan fingerprint density at radius 3 is 2.71 bits per heavy atom. The Hall–Kier alpha value is 0.0300. The van der Waals surface area contributed by atoms with Gasteiger partial charge in [0, 0.05) is 55.6 Å². The van der Waals surface area contributed by atoms with Gasteiger partial charge in [0.25, 0.3) is 0 Å². The average molecular weight is 337 g/mol. The summed E-state index contributed by atoms with van der Waals surface area (Å²) in [7, 11) is 1.95. The minimum atomic E-state index is 0. The van der Waals surface area contributed by atoms with Crippen molar-refractivity contribution >= 4 is 30.1 Å². The van der Waals surface area contributed by atoms with Crippen molar-refractivity contribution < 1.29 is 9.53 Å². The number of nitrogens with one attached hydrogen (secondary N) is 1. The van der Waals surface area contributed by atoms with Crippen LogP contribution in [0.1, 0.15) is 33.6 Å². The lowest BCUT2D eigenvalue weighted by Crippen LogP contribution is -2.62. The molecule has 1 heterocycles. The SMILES string of the molecule is CCOC1CC(N(C)C(=O)CC2CSCCN2)C1(C)C.Cl. The predicted octanol–water partition coefficient (Wildman–Crippen LogP) is 2.17. The molecule has 1 saturated carbocycles. The largest absolute Gasteiger partial charge is 0.378 e. The molecule has 1 aliphatic carbocycles. The lowest BCUT2D eigenvalue weighted by atomic mass is 9.63. The fourth-order valence-corrected chi connectivity index (χ4v) is 4.23. The van der Waals surface area contributed by atoms with Gasteiger partial charge >= 0.3 is 0 Å². The fraction of sp³-hybridized carbons (Fsp3) is 0.933. The maximum Gasteiger partial charge on any atom is 0.224 e. The van der Waals surface area contributed by atoms with E-state index in [0.717, 1.165) is 31.1 Å². The average Bonchev–Trinajstić information content (AvgIpc) is 2.43. The molecule has 21 heavy (non-hydrogen) atoms. The molecule has 3 atom stereocenters. The highest BCUT2D eigenvalue weighted by Crippen LogP contribution is 2.45. The highest BCUT2D eigenvalue weighted by molar-refractivity contribution is 7.99. The second-order valence-electron chi connectivity index (χ2n) is 6.45. The Morgan fingerprint density at radius 1 is 1.48 bits per heavy atom. The molecular formula is C15H29ClN2O2S. The van der Waals surface area contributed by atoms with E-state index in [2.05, 4.69) is 19.2 Å². The Balaban J connectivity index is 0.00000220. The number of amides is 1. The van der Waals surface area contributed by atoms with Crippen molar-refractivity contribution in [3.05, 3.63) is 0 Å². The van der Waals surface area contributed by atoms with Crippen molar-refractivity contribution in [1.82, 2.24) is 10.2 Å². The zero-order chi connectivity index (χ0) is 14.8. The summed E-state index contributed by atoms with van der Waals surface area (Å²) in [5.74, 6) is 2.47. The van der Waals surface area contributed by atoms with Crippen LogP contribution < -0.4 is 5.32 Å². The van der Waals surface area contributed by atoms with Crippen molar-refractivity contribution in [2.75, 3.05) is 31.7 Å². The molecule has 2 fully saturated rings. The quantitative estimate of drug-likeness (QED) is 0.835. The minimum absolute atomic E-state index is 0. The molecule has 6 heteroatoms. The van der Waals surface area contributed by atoms with Crippen molar-refractivity contribution in [2.45, 2.75) is 51.8 Å². The molecule has 0 aromatic heterocycles. The van der Waals surface area contributed by atoms with Crippen LogP contribution in [0.2, 0.25) is 0 Å². The Kier molecular flexibility index (Phi) is 7.31. The molecule has 0 spiro atoms. The van der Waals surface area contributed by atoms with E-state index >= 15 is 0 Å². The van der Waals surface area contributed by atoms with Crippen LogP contribution in [-0.2, 0) is 9.53 Å². The van der Waals surface area contributed by atoms with Crippen molar-refractivity contribution in [3.8, 4) is 0 Å². The third-order valence-corrected chi connectivity index (χ3v) is 5.91. The first-order valence-electron chi connectivity index (χ1n) is 7.65. The number of hydrogen-bond acceptors (Lipinski definition) is 4. The van der Waals surface area contributed by atoms with E-state index in [1.165, 1.54) is 0 Å². The zero-order valence-electron chi connectivity index (χ0n) is 13.6. The maximum absolute atomic E-state index is 12.4. The van der Waals surface area contributed by atoms with Gasteiger partial charge in [0.2, 0.25) is 5.91 Å². The molecule has 1 amide bonds. The standard InChI is InChI=1S/C15H28N2O2S.ClH/c1-5-19-13-9-12(15(13,2)3)17(4)14(18)8-11-10-20-7-6-16-11;/h11-13,16H,5-10H2,1-4H3;1H. The number of rotatable bonds is 5. The van der Waals surface area contributed by atoms with Crippen LogP contribution in [0, 0.1) is 5.41 Å². The monoisotopic (exact) mass is 336 g/mol. The van der Waals surface area contributed by atoms with Gasteiger partial charge in [-0.2, -0.15) is 11.8 Å². The molecule has 0 aromatic rings. The van der Waals surface area contributed by atoms with Gasteiger partial charge in [0.1, 0.15) is 0 Å². The molecule has 1 N–H and O–H groups in total. The summed E-state index contributed by atoms with van der Waals surface area (Å²) in [5.41, 5.74) is 0.0646. The lowest BCUT2D eigenvalue weighted by Gasteiger charge is -2.55. The molecule has 124 valence electrons. The highest BCUT2D eigenvalue weighted by atomic mass is 35.5. The van der Waals surface area contributed by atoms with Crippen LogP contribution in [0.25, 0.3) is 0 Å². The molecule has 0 aromatic carbocycles. The summed E-state index contributed by atoms with van der Waals surface area (Å²) in [4.78, 5) is 14.4. The van der Waals surface area contributed by atoms with Gasteiger partial charge in [0.05, 0.1) is 6.10 Å². The van der Waals surface area contributed by atoms with Crippen LogP contribution in [0.5, 0.6) is 0 Å². The Labute approximate surface area is 139 Å². The van der Waals surface area contributed by atoms with Crippen LogP contribution in [0.15, 0.2) is 0 Å². The van der Waals surface area contributed by atoms with Crippen LogP contribution in [0.3, 0.4) is 0 Å². The normalized spacial score (nSPS) is 31.0. The van der Waals surface area contributed by atoms with Crippen molar-refractivity contribution in [3.63, 3.8) is 0 Å². The Bertz CT molecular complexity index is 349. The van der Waals surface area contributed by atoms with Gasteiger partial charge in [-0.25, -0.2) is 0 Å². The van der Waals surface area contributed by atoms with Gasteiger partial charge in [-0.1, -0.05) is 13.8 Å². The predicted molar refractivity (Wildman–Crippen MR) is 91.4 cm³/mol. The number of ether oxygens (including phenoxy) is 1. The first-order valence-corrected chi connectivity index (χ1v) is 8.80. The molecule has 2 aliphatic rings. The minimum Gasteiger partial charge on any atom is -0.378 e. The number of carbonyl (C=O) groups excluding carboxylic acids is 1. The maximum atomic E-state index is 12.4. The van der Waals surface area contributed by atoms with E-state index in [4.69, 9.17) is 4.74 Å². The summed E-state index contributed by atoms with van der Waals surface area (Å²) < 4.78 is 5.75. The number of hydrogen-bond donors (Lipinski definition) is 1. The van der Waals surface area contributed by atoms with Gasteiger partial charge in [-0.15, -0.1) is 12.4 Å². The van der Waals surface area contributed by atoms with Gasteiger partial charge in [0.15, 0.2) is 0 Å². The van der Waals surface area contributed by atoms with E-state index < -0.39 is 0 Å². The highest BCUT2D eigenvalue weighted by Gasteiger charge is 2.51. The molecule has 1 aliphatic heterocycles. The smallest absolute Gasteiger partial charge is 0.224 e. The van der Waals surface area contributed by atoms with Gasteiger partial charge < -0.3 is 15.0 Å². The summed E-state index contributed by atoms with van der Waals surface area (Å²) >= 11 is 1.94. The molecule has 1 saturated heterocycles. The third-order valence-electron chi connectivity index (χ3n) is 4.77. The van der Waals surface area contributed by atoms with E-state index in [1.807, 2.05) is 30.6 Å². The number of thioether (sulfide) groups is 1. The van der Waals surface area contributed by atoms with Crippen LogP contribution in [-0.4, -0.2) is 60.7 Å². The van der Waals surface area contributed by atoms with E-state index in [-0.39, 0.29) is 29.8 Å². The Morgan fingerprint density at radius 2 is 2.19 bits per heavy atom. The third kappa shape index (κ3) is 4.27. The van der Waals surface area contributed by atoms with Crippen LogP contribution in [0.4, 0.5) is 0 Å². The summed E-state index contributed by atoms with van der Waals surface area (Å²) in [6.07, 6.45) is 1.88. The van der Waals surface area contributed by atoms with Crippen molar-refractivity contribution in [1.29, 1.82) is 0 Å². The van der Waals surface area contributed by atoms with E-state index in [0.29, 0.717) is 18.5 Å². The van der Waals surface area contributed by atoms with Gasteiger partial charge in [-0.3, -0.25) is 4.79 Å². The summed E-state index contributed by atoms with van der Waals surface area (Å²) in [5, 5.41) is 3.44. The molecule has 4 nitrogen and oxygen atoms in total. The lowest BCUT2D eigenvalue weighted by molar-refractivity contribution is -0.163. The molecule has 0 radical (unpaired) electrons. The van der Waals surface area contributed by atoms with E-state index in [9.17, 15) is 4.79 Å². The molecule has 2 rings (SSSR count). The second kappa shape index (κ2) is 8.04. The van der Waals surface area contributed by atoms with Crippen molar-refractivity contribution in [2.24, 2.45) is 5.41 Å². The second-order valence-corrected chi connectivity index (χ2v) is 7.60. The number of halogens is 1. The molecule has 3 unspecified atom stereocenters. The summed E-state index contributed by atoms with van der Waals surface area (Å²) in [6, 6.07) is 0.650. The van der Waals surface area contributed by atoms with E-state index in [1.54, 1.807) is 0 Å². The fourth-order valence-electron chi connectivity index (χ4n) is 3.28. The molecule has 0 bridgehead atoms. The number of nitrogens with zero attached hydrogens (tertiary/aromatic N) is 1. The summed E-state index contributed by atoms with van der Waals surface area (Å²) in [6.45, 7) is 8.22. The molecular weight excluding hydrogens is 308 g/mol. The first kappa shape index (κ1) is 19.1. The number of carbonyl (C=O) groups is 1. The topological polar surface area (TPSA) is 41.6 Å². The van der Waals surface area contributed by atoms with Crippen LogP contribution >= 0.6 is 24.2 Å². The van der Waals surface area contributed by atoms with Gasteiger partial charge in [-0.05, 0) is 13.3 Å². The zero-order valence-corrected chi connectivity index (χ0v) is 15.2.